The van der Waals surface area contributed by atoms with E-state index in [1.54, 1.807) is 6.08 Å². The first-order valence-electron chi connectivity index (χ1n) is 26.0. The van der Waals surface area contributed by atoms with Gasteiger partial charge in [0.05, 0.1) is 38.6 Å². The summed E-state index contributed by atoms with van der Waals surface area (Å²) in [6.07, 6.45) is 11.0. The van der Waals surface area contributed by atoms with Crippen LogP contribution < -0.4 is 5.32 Å². The van der Waals surface area contributed by atoms with E-state index in [0.29, 0.717) is 12.8 Å². The molecular formula is C52H89NO18. The molecule has 3 aliphatic rings. The highest BCUT2D eigenvalue weighted by Crippen LogP contribution is 2.33. The van der Waals surface area contributed by atoms with Gasteiger partial charge in [0.2, 0.25) is 5.91 Å². The number of hydrogen-bond acceptors (Lipinski definition) is 18. The van der Waals surface area contributed by atoms with Crippen LogP contribution >= 0.6 is 0 Å². The van der Waals surface area contributed by atoms with Gasteiger partial charge >= 0.3 is 0 Å². The van der Waals surface area contributed by atoms with Crippen LogP contribution in [0, 0.1) is 0 Å². The number of aliphatic hydroxyl groups excluding tert-OH is 11. The molecule has 71 heavy (non-hydrogen) atoms. The number of carbonyl (C=O) groups excluding carboxylic acids is 1. The topological polar surface area (TPSA) is 307 Å². The highest BCUT2D eigenvalue weighted by atomic mass is 16.8. The Morgan fingerprint density at radius 3 is 1.49 bits per heavy atom. The summed E-state index contributed by atoms with van der Waals surface area (Å²) in [6.45, 7) is 1.49. The Labute approximate surface area is 420 Å². The number of unbranched alkanes of at least 4 members (excludes halogenated alkanes) is 11. The van der Waals surface area contributed by atoms with E-state index in [9.17, 15) is 61.0 Å². The molecule has 19 heteroatoms. The number of rotatable bonds is 35. The quantitative estimate of drug-likeness (QED) is 0.0320. The van der Waals surface area contributed by atoms with Gasteiger partial charge in [-0.15, -0.1) is 0 Å². The minimum absolute atomic E-state index is 0.119. The molecule has 410 valence electrons. The van der Waals surface area contributed by atoms with E-state index in [-0.39, 0.29) is 18.9 Å². The molecule has 3 heterocycles. The average Bonchev–Trinajstić information content (AvgIpc) is 3.36. The molecule has 19 nitrogen and oxygen atoms in total. The molecule has 3 fully saturated rings. The molecule has 0 aliphatic carbocycles. The number of ether oxygens (including phenoxy) is 6. The molecule has 17 unspecified atom stereocenters. The monoisotopic (exact) mass is 1020 g/mol. The zero-order valence-electron chi connectivity index (χ0n) is 41.9. The fourth-order valence-electron chi connectivity index (χ4n) is 8.49. The van der Waals surface area contributed by atoms with Crippen LogP contribution in [-0.4, -0.2) is 193 Å². The average molecular weight is 1020 g/mol. The summed E-state index contributed by atoms with van der Waals surface area (Å²) in [5.74, 6) is -0.360. The van der Waals surface area contributed by atoms with Crippen molar-refractivity contribution in [3.05, 3.63) is 60.8 Å². The van der Waals surface area contributed by atoms with Gasteiger partial charge in [-0.2, -0.15) is 0 Å². The van der Waals surface area contributed by atoms with Crippen molar-refractivity contribution in [2.24, 2.45) is 0 Å². The van der Waals surface area contributed by atoms with Crippen LogP contribution in [0.2, 0.25) is 0 Å². The second kappa shape index (κ2) is 36.4. The zero-order chi connectivity index (χ0) is 52.0. The van der Waals surface area contributed by atoms with Crippen LogP contribution in [0.1, 0.15) is 129 Å². The maximum Gasteiger partial charge on any atom is 0.220 e. The Balaban J connectivity index is 1.59. The molecule has 0 aromatic carbocycles. The Hall–Kier alpha value is -2.51. The SMILES string of the molecule is CC/C=C\C/C=C\C/C=C\C/C=C\CCC(=O)NC(COC1OC(CO)C(OC2OC(CO)C(OC3OC(CO)C(O)C(O)C3O)C(O)C2O)C(O)C1O)C(O)/C=C/CCCCCCCCCCCCC. The number of carbonyl (C=O) groups is 1. The van der Waals surface area contributed by atoms with Crippen molar-refractivity contribution in [2.75, 3.05) is 26.4 Å². The third kappa shape index (κ3) is 22.1. The maximum atomic E-state index is 13.2. The Bertz CT molecular complexity index is 1540. The van der Waals surface area contributed by atoms with E-state index in [0.717, 1.165) is 44.9 Å². The largest absolute Gasteiger partial charge is 0.394 e. The third-order valence-corrected chi connectivity index (χ3v) is 12.8. The number of hydrogen-bond donors (Lipinski definition) is 12. The van der Waals surface area contributed by atoms with E-state index in [2.05, 4.69) is 55.6 Å². The summed E-state index contributed by atoms with van der Waals surface area (Å²) in [7, 11) is 0. The predicted molar refractivity (Wildman–Crippen MR) is 263 cm³/mol. The zero-order valence-corrected chi connectivity index (χ0v) is 41.9. The smallest absolute Gasteiger partial charge is 0.220 e. The molecule has 3 aliphatic heterocycles. The molecule has 0 spiro atoms. The van der Waals surface area contributed by atoms with Crippen LogP contribution in [0.15, 0.2) is 60.8 Å². The van der Waals surface area contributed by atoms with E-state index >= 15 is 0 Å². The third-order valence-electron chi connectivity index (χ3n) is 12.8. The van der Waals surface area contributed by atoms with Crippen molar-refractivity contribution in [3.8, 4) is 0 Å². The molecule has 0 saturated carbocycles. The van der Waals surface area contributed by atoms with Gasteiger partial charge in [0.25, 0.3) is 0 Å². The van der Waals surface area contributed by atoms with Crippen LogP contribution in [0.5, 0.6) is 0 Å². The molecule has 0 aromatic heterocycles. The second-order valence-corrected chi connectivity index (χ2v) is 18.6. The number of aliphatic hydroxyl groups is 11. The fourth-order valence-corrected chi connectivity index (χ4v) is 8.49. The Kier molecular flexibility index (Phi) is 32.2. The standard InChI is InChI=1S/C52H89NO18/c1-3-5-7-9-11-13-15-17-19-21-23-25-27-29-36(57)35(53-40(58)30-28-26-24-22-20-18-16-14-12-10-8-6-4-2)34-66-50-46(64)43(61)48(38(32-55)68-50)71-52-47(65)44(62)49(39(33-56)69-52)70-51-45(63)42(60)41(59)37(31-54)67-51/h6,8,12,14,18,20,24,26-27,29,35-39,41-52,54-57,59-65H,3-5,7,9-11,13,15-17,19,21-23,25,28,30-34H2,1-2H3,(H,53,58)/b8-6-,14-12-,20-18-,26-24-,29-27+. The molecule has 0 bridgehead atoms. The van der Waals surface area contributed by atoms with E-state index in [1.807, 2.05) is 18.2 Å². The first-order chi connectivity index (χ1) is 34.3. The van der Waals surface area contributed by atoms with Crippen LogP contribution in [0.3, 0.4) is 0 Å². The highest BCUT2D eigenvalue weighted by molar-refractivity contribution is 5.76. The van der Waals surface area contributed by atoms with Gasteiger partial charge in [0.15, 0.2) is 18.9 Å². The van der Waals surface area contributed by atoms with Gasteiger partial charge in [-0.3, -0.25) is 4.79 Å². The summed E-state index contributed by atoms with van der Waals surface area (Å²) >= 11 is 0. The van der Waals surface area contributed by atoms with Crippen LogP contribution in [-0.2, 0) is 33.2 Å². The van der Waals surface area contributed by atoms with Gasteiger partial charge in [0.1, 0.15) is 73.2 Å². The molecule has 0 radical (unpaired) electrons. The first kappa shape index (κ1) is 62.8. The van der Waals surface area contributed by atoms with Crippen molar-refractivity contribution in [1.29, 1.82) is 0 Å². The van der Waals surface area contributed by atoms with Gasteiger partial charge in [0, 0.05) is 6.42 Å². The second-order valence-electron chi connectivity index (χ2n) is 18.6. The molecular weight excluding hydrogens is 927 g/mol. The minimum Gasteiger partial charge on any atom is -0.394 e. The number of allylic oxidation sites excluding steroid dienone is 9. The highest BCUT2D eigenvalue weighted by Gasteiger charge is 2.53. The van der Waals surface area contributed by atoms with Crippen molar-refractivity contribution in [3.63, 3.8) is 0 Å². The normalized spacial score (nSPS) is 32.8. The van der Waals surface area contributed by atoms with E-state index in [4.69, 9.17) is 28.4 Å². The Morgan fingerprint density at radius 2 is 0.972 bits per heavy atom. The van der Waals surface area contributed by atoms with Gasteiger partial charge in [-0.25, -0.2) is 0 Å². The lowest BCUT2D eigenvalue weighted by molar-refractivity contribution is -0.379. The minimum atomic E-state index is -1.98. The van der Waals surface area contributed by atoms with Gasteiger partial charge in [-0.1, -0.05) is 139 Å². The first-order valence-corrected chi connectivity index (χ1v) is 26.0. The molecule has 3 rings (SSSR count). The molecule has 3 saturated heterocycles. The summed E-state index contributed by atoms with van der Waals surface area (Å²) in [5, 5.41) is 119. The summed E-state index contributed by atoms with van der Waals surface area (Å²) in [6, 6.07) is -1.01. The fraction of sp³-hybridized carbons (Fsp3) is 0.788. The van der Waals surface area contributed by atoms with Crippen molar-refractivity contribution >= 4 is 5.91 Å². The lowest BCUT2D eigenvalue weighted by atomic mass is 9.96. The van der Waals surface area contributed by atoms with Crippen molar-refractivity contribution in [1.82, 2.24) is 5.32 Å². The summed E-state index contributed by atoms with van der Waals surface area (Å²) in [5.41, 5.74) is 0. The molecule has 1 amide bonds. The summed E-state index contributed by atoms with van der Waals surface area (Å²) < 4.78 is 34.0. The molecule has 17 atom stereocenters. The predicted octanol–water partition coefficient (Wildman–Crippen LogP) is 2.14. The van der Waals surface area contributed by atoms with Crippen LogP contribution in [0.4, 0.5) is 0 Å². The Morgan fingerprint density at radius 1 is 0.521 bits per heavy atom. The maximum absolute atomic E-state index is 13.2. The van der Waals surface area contributed by atoms with Gasteiger partial charge in [-0.05, 0) is 44.9 Å². The van der Waals surface area contributed by atoms with Crippen molar-refractivity contribution in [2.45, 2.75) is 234 Å². The lowest BCUT2D eigenvalue weighted by Gasteiger charge is -2.48. The van der Waals surface area contributed by atoms with Gasteiger partial charge < -0.3 is 89.9 Å². The van der Waals surface area contributed by atoms with E-state index < -0.39 is 124 Å². The van der Waals surface area contributed by atoms with Crippen LogP contribution in [0.25, 0.3) is 0 Å². The van der Waals surface area contributed by atoms with E-state index in [1.165, 1.54) is 51.4 Å². The molecule has 12 N–H and O–H groups in total. The number of nitrogens with one attached hydrogen (secondary N) is 1. The molecule has 0 aromatic rings. The summed E-state index contributed by atoms with van der Waals surface area (Å²) in [4.78, 5) is 13.2. The number of amides is 1. The lowest BCUT2D eigenvalue weighted by Crippen LogP contribution is -2.66. The van der Waals surface area contributed by atoms with Crippen molar-refractivity contribution < 1.29 is 89.4 Å².